The van der Waals surface area contributed by atoms with Crippen LogP contribution in [0, 0.1) is 0 Å². The molecular weight excluding hydrogens is 279 g/mol. The predicted octanol–water partition coefficient (Wildman–Crippen LogP) is -0.953. The second kappa shape index (κ2) is 12.1. The second-order valence-electron chi connectivity index (χ2n) is 3.99. The molecule has 106 valence electrons. The summed E-state index contributed by atoms with van der Waals surface area (Å²) in [6, 6.07) is 9.73. The first-order valence-electron chi connectivity index (χ1n) is 5.84. The topological polar surface area (TPSA) is 77.4 Å². The van der Waals surface area contributed by atoms with E-state index in [-0.39, 0.29) is 40.7 Å². The number of benzene rings is 1. The van der Waals surface area contributed by atoms with Gasteiger partial charge in [-0.05, 0) is 24.5 Å². The molecule has 1 N–H and O–H groups in total. The van der Waals surface area contributed by atoms with Crippen molar-refractivity contribution >= 4 is 18.0 Å². The summed E-state index contributed by atoms with van der Waals surface area (Å²) in [4.78, 5) is 19.9. The number of aliphatic carboxylic acids is 2. The molecule has 0 aliphatic rings. The van der Waals surface area contributed by atoms with Crippen molar-refractivity contribution in [2.24, 2.45) is 0 Å². The Morgan fingerprint density at radius 2 is 1.71 bits per heavy atom. The molecule has 1 aromatic rings. The Morgan fingerprint density at radius 3 is 2.10 bits per heavy atom. The maximum Gasteiger partial charge on any atom is 1.00 e. The van der Waals surface area contributed by atoms with E-state index in [4.69, 9.17) is 5.11 Å². The van der Waals surface area contributed by atoms with Crippen LogP contribution in [-0.4, -0.2) is 17.0 Å². The molecule has 0 amide bonds. The zero-order chi connectivity index (χ0) is 15.5. The van der Waals surface area contributed by atoms with Crippen molar-refractivity contribution in [1.82, 2.24) is 0 Å². The fraction of sp³-hybridized carbons (Fsp3) is 0.125. The van der Waals surface area contributed by atoms with Gasteiger partial charge in [0.2, 0.25) is 0 Å². The zero-order valence-electron chi connectivity index (χ0n) is 12.3. The Morgan fingerprint density at radius 1 is 1.24 bits per heavy atom. The number of hydrogen-bond donors (Lipinski definition) is 1. The van der Waals surface area contributed by atoms with Crippen LogP contribution >= 0.6 is 0 Å². The van der Waals surface area contributed by atoms with Gasteiger partial charge in [0.25, 0.3) is 0 Å². The molecular formula is C16H17NaO4. The Hall–Kier alpha value is -1.62. The number of rotatable bonds is 5. The fourth-order valence-electron chi connectivity index (χ4n) is 0.989. The quantitative estimate of drug-likeness (QED) is 0.561. The van der Waals surface area contributed by atoms with Crippen LogP contribution in [0.3, 0.4) is 0 Å². The predicted molar refractivity (Wildman–Crippen MR) is 76.7 cm³/mol. The molecule has 1 rings (SSSR count). The summed E-state index contributed by atoms with van der Waals surface area (Å²) in [6.07, 6.45) is 4.06. The van der Waals surface area contributed by atoms with E-state index in [0.29, 0.717) is 6.42 Å². The van der Waals surface area contributed by atoms with Crippen LogP contribution in [0.2, 0.25) is 0 Å². The molecule has 21 heavy (non-hydrogen) atoms. The molecule has 0 unspecified atom stereocenters. The van der Waals surface area contributed by atoms with Gasteiger partial charge in [-0.15, -0.1) is 0 Å². The first-order valence-corrected chi connectivity index (χ1v) is 5.84. The maximum atomic E-state index is 10.4. The molecule has 0 radical (unpaired) electrons. The van der Waals surface area contributed by atoms with Gasteiger partial charge in [-0.2, -0.15) is 0 Å². The van der Waals surface area contributed by atoms with Gasteiger partial charge < -0.3 is 15.0 Å². The molecule has 0 heterocycles. The Kier molecular flexibility index (Phi) is 12.5. The average Bonchev–Trinajstić information content (AvgIpc) is 2.40. The van der Waals surface area contributed by atoms with Crippen molar-refractivity contribution in [3.05, 3.63) is 66.3 Å². The van der Waals surface area contributed by atoms with Crippen LogP contribution in [-0.2, 0) is 9.59 Å². The fourth-order valence-corrected chi connectivity index (χ4v) is 0.989. The Bertz CT molecular complexity index is 506. The van der Waals surface area contributed by atoms with Gasteiger partial charge >= 0.3 is 35.5 Å². The van der Waals surface area contributed by atoms with Crippen molar-refractivity contribution in [3.8, 4) is 0 Å². The number of carbonyl (C=O) groups is 2. The van der Waals surface area contributed by atoms with Crippen LogP contribution in [0.15, 0.2) is 60.7 Å². The minimum atomic E-state index is -1.19. The number of allylic oxidation sites excluding steroid dienone is 1. The van der Waals surface area contributed by atoms with Crippen LogP contribution in [0.25, 0.3) is 6.08 Å². The molecule has 5 heteroatoms. The average molecular weight is 296 g/mol. The summed E-state index contributed by atoms with van der Waals surface area (Å²) in [7, 11) is 0. The number of carboxylic acids is 2. The summed E-state index contributed by atoms with van der Waals surface area (Å²) in [5.74, 6) is -2.13. The molecule has 0 aromatic heterocycles. The van der Waals surface area contributed by atoms with Crippen LogP contribution in [0.4, 0.5) is 0 Å². The molecule has 0 atom stereocenters. The maximum absolute atomic E-state index is 10.4. The summed E-state index contributed by atoms with van der Waals surface area (Å²) in [5, 5.41) is 18.0. The summed E-state index contributed by atoms with van der Waals surface area (Å²) >= 11 is 0. The molecule has 0 saturated heterocycles. The van der Waals surface area contributed by atoms with Gasteiger partial charge in [-0.25, -0.2) is 4.79 Å². The van der Waals surface area contributed by atoms with Gasteiger partial charge in [0.15, 0.2) is 0 Å². The largest absolute Gasteiger partial charge is 1.00 e. The number of hydrogen-bond acceptors (Lipinski definition) is 3. The van der Waals surface area contributed by atoms with Crippen LogP contribution < -0.4 is 34.7 Å². The van der Waals surface area contributed by atoms with Gasteiger partial charge in [0.1, 0.15) is 0 Å². The molecule has 0 aliphatic heterocycles. The zero-order valence-corrected chi connectivity index (χ0v) is 14.3. The molecule has 1 aromatic carbocycles. The van der Waals surface area contributed by atoms with Crippen LogP contribution in [0.5, 0.6) is 0 Å². The molecule has 0 fully saturated rings. The molecule has 4 nitrogen and oxygen atoms in total. The van der Waals surface area contributed by atoms with Crippen molar-refractivity contribution in [2.75, 3.05) is 0 Å². The smallest absolute Gasteiger partial charge is 0.545 e. The Balaban J connectivity index is 0. The van der Waals surface area contributed by atoms with Gasteiger partial charge in [0, 0.05) is 5.57 Å². The number of carbonyl (C=O) groups excluding carboxylic acids is 1. The van der Waals surface area contributed by atoms with E-state index in [9.17, 15) is 14.7 Å². The standard InChI is InChI=1S/C12H12O2.C4H6O2.Na/c1-10(12(13)14)6-5-9-11-7-3-2-4-8-11;1-3(2)4(5)6;/h2-5,7-9H,1,6H2,(H,13,14);1H2,2H3,(H,5,6);/q;;+1/p-1. The van der Waals surface area contributed by atoms with Crippen LogP contribution in [0.1, 0.15) is 18.9 Å². The molecule has 0 spiro atoms. The van der Waals surface area contributed by atoms with E-state index in [1.165, 1.54) is 6.92 Å². The number of carboxylic acid groups (broad SMARTS) is 2. The minimum Gasteiger partial charge on any atom is -0.545 e. The SMILES string of the molecule is C=C(C)C(=O)[O-].C=C(CC=Cc1ccccc1)C(=O)O.[Na+]. The molecule has 0 saturated carbocycles. The second-order valence-corrected chi connectivity index (χ2v) is 3.99. The Labute approximate surface area is 146 Å². The van der Waals surface area contributed by atoms with E-state index >= 15 is 0 Å². The molecule has 0 bridgehead atoms. The van der Waals surface area contributed by atoms with Gasteiger partial charge in [-0.1, -0.05) is 55.6 Å². The third-order valence-corrected chi connectivity index (χ3v) is 2.13. The summed E-state index contributed by atoms with van der Waals surface area (Å²) in [6.45, 7) is 7.91. The summed E-state index contributed by atoms with van der Waals surface area (Å²) < 4.78 is 0. The first-order chi connectivity index (χ1) is 9.34. The van der Waals surface area contributed by atoms with E-state index < -0.39 is 11.9 Å². The van der Waals surface area contributed by atoms with Crippen molar-refractivity contribution < 1.29 is 49.4 Å². The van der Waals surface area contributed by atoms with Crippen molar-refractivity contribution in [2.45, 2.75) is 13.3 Å². The van der Waals surface area contributed by atoms with Crippen molar-refractivity contribution in [1.29, 1.82) is 0 Å². The van der Waals surface area contributed by atoms with Gasteiger partial charge in [0.05, 0.1) is 5.97 Å². The molecule has 0 aliphatic carbocycles. The van der Waals surface area contributed by atoms with E-state index in [1.54, 1.807) is 6.08 Å². The van der Waals surface area contributed by atoms with E-state index in [1.807, 2.05) is 36.4 Å². The third kappa shape index (κ3) is 11.9. The first kappa shape index (κ1) is 21.7. The van der Waals surface area contributed by atoms with Gasteiger partial charge in [-0.3, -0.25) is 0 Å². The normalized spacial score (nSPS) is 9.00. The van der Waals surface area contributed by atoms with Crippen molar-refractivity contribution in [3.63, 3.8) is 0 Å². The van der Waals surface area contributed by atoms with E-state index in [2.05, 4.69) is 13.2 Å². The minimum absolute atomic E-state index is 0. The third-order valence-electron chi connectivity index (χ3n) is 2.13. The summed E-state index contributed by atoms with van der Waals surface area (Å²) in [5.41, 5.74) is 1.33. The van der Waals surface area contributed by atoms with E-state index in [0.717, 1.165) is 5.56 Å². The monoisotopic (exact) mass is 296 g/mol.